The lowest BCUT2D eigenvalue weighted by Crippen LogP contribution is -2.68. The molecule has 2 rings (SSSR count). The lowest BCUT2D eigenvalue weighted by Gasteiger charge is -2.37. The van der Waals surface area contributed by atoms with E-state index in [1.165, 1.54) is 0 Å². The predicted octanol–water partition coefficient (Wildman–Crippen LogP) is 0.176. The summed E-state index contributed by atoms with van der Waals surface area (Å²) >= 11 is 0. The fraction of sp³-hybridized carbons (Fsp3) is 0.643. The Labute approximate surface area is 169 Å². The number of nitrogens with one attached hydrogen (secondary N) is 2. The van der Waals surface area contributed by atoms with E-state index >= 15 is 0 Å². The van der Waals surface area contributed by atoms with Gasteiger partial charge in [0, 0.05) is 12.6 Å². The third-order valence-corrected chi connectivity index (χ3v) is 4.48. The van der Waals surface area contributed by atoms with E-state index in [1.807, 2.05) is 0 Å². The van der Waals surface area contributed by atoms with Crippen molar-refractivity contribution in [2.75, 3.05) is 6.61 Å². The summed E-state index contributed by atoms with van der Waals surface area (Å²) in [5.74, 6) is -3.67. The van der Waals surface area contributed by atoms with Crippen molar-refractivity contribution in [1.82, 2.24) is 14.9 Å². The van der Waals surface area contributed by atoms with Crippen molar-refractivity contribution >= 4 is 5.91 Å². The van der Waals surface area contributed by atoms with Gasteiger partial charge in [-0.05, 0) is 0 Å². The number of aliphatic hydroxyl groups is 2. The van der Waals surface area contributed by atoms with Crippen LogP contribution in [-0.2, 0) is 15.1 Å². The normalized spacial score (nSPS) is 22.8. The maximum absolute atomic E-state index is 13.6. The van der Waals surface area contributed by atoms with Crippen LogP contribution in [0.25, 0.3) is 0 Å². The van der Waals surface area contributed by atoms with Gasteiger partial charge < -0.3 is 20.3 Å². The van der Waals surface area contributed by atoms with Crippen LogP contribution in [0.4, 0.5) is 39.5 Å². The molecule has 2 heterocycles. The number of hydrogen-bond acceptors (Lipinski definition) is 6. The van der Waals surface area contributed by atoms with E-state index in [0.29, 0.717) is 0 Å². The lowest BCUT2D eigenvalue weighted by molar-refractivity contribution is -0.314. The molecule has 0 spiro atoms. The van der Waals surface area contributed by atoms with E-state index in [9.17, 15) is 59.0 Å². The zero-order chi connectivity index (χ0) is 24.9. The maximum atomic E-state index is 13.6. The van der Waals surface area contributed by atoms with E-state index in [4.69, 9.17) is 9.84 Å². The van der Waals surface area contributed by atoms with Crippen LogP contribution in [0.5, 0.6) is 0 Å². The number of carbonyl (C=O) groups is 1. The van der Waals surface area contributed by atoms with Gasteiger partial charge in [0.1, 0.15) is 12.3 Å². The highest BCUT2D eigenvalue weighted by Gasteiger charge is 2.75. The Morgan fingerprint density at radius 2 is 1.66 bits per heavy atom. The summed E-state index contributed by atoms with van der Waals surface area (Å²) in [6, 6.07) is 0. The topological polar surface area (TPSA) is 134 Å². The van der Waals surface area contributed by atoms with Gasteiger partial charge in [-0.15, -0.1) is 0 Å². The molecule has 9 nitrogen and oxygen atoms in total. The van der Waals surface area contributed by atoms with Gasteiger partial charge in [0.15, 0.2) is 0 Å². The monoisotopic (exact) mass is 489 g/mol. The minimum Gasteiger partial charge on any atom is -0.394 e. The van der Waals surface area contributed by atoms with Crippen LogP contribution in [0.15, 0.2) is 15.8 Å². The standard InChI is InChI=1S/C14H12F9N3O6/c15-12(16,17)9(30)25-11(13(18,19)20,14(21,22)23)4-2-26(10(31)24-8(4)29)7-1-5(28)6(3-27)32-7/h2,5-7,27-28H,1,3H2,(H,25,30)(H,24,29,31)/t5-,6+,7+/m0/s1. The van der Waals surface area contributed by atoms with Gasteiger partial charge in [0.25, 0.3) is 11.1 Å². The van der Waals surface area contributed by atoms with Crippen LogP contribution in [0.3, 0.4) is 0 Å². The Balaban J connectivity index is 2.81. The van der Waals surface area contributed by atoms with E-state index < -0.39 is 78.3 Å². The third-order valence-electron chi connectivity index (χ3n) is 4.48. The third kappa shape index (κ3) is 4.33. The number of carbonyl (C=O) groups excluding carboxylic acids is 1. The molecule has 0 bridgehead atoms. The van der Waals surface area contributed by atoms with Crippen molar-refractivity contribution in [2.24, 2.45) is 0 Å². The van der Waals surface area contributed by atoms with Gasteiger partial charge in [0.2, 0.25) is 0 Å². The first-order valence-electron chi connectivity index (χ1n) is 8.20. The van der Waals surface area contributed by atoms with Crippen molar-refractivity contribution in [3.05, 3.63) is 32.6 Å². The smallest absolute Gasteiger partial charge is 0.394 e. The summed E-state index contributed by atoms with van der Waals surface area (Å²) in [6.07, 6.45) is -25.5. The van der Waals surface area contributed by atoms with E-state index in [1.54, 1.807) is 0 Å². The summed E-state index contributed by atoms with van der Waals surface area (Å²) in [5.41, 5.74) is -12.5. The Morgan fingerprint density at radius 3 is 2.06 bits per heavy atom. The van der Waals surface area contributed by atoms with Crippen LogP contribution in [0, 0.1) is 0 Å². The molecule has 32 heavy (non-hydrogen) atoms. The van der Waals surface area contributed by atoms with Crippen LogP contribution >= 0.6 is 0 Å². The average molecular weight is 489 g/mol. The quantitative estimate of drug-likeness (QED) is 0.446. The molecule has 1 fully saturated rings. The van der Waals surface area contributed by atoms with E-state index in [2.05, 4.69) is 0 Å². The molecule has 1 saturated heterocycles. The first-order chi connectivity index (χ1) is 14.4. The van der Waals surface area contributed by atoms with Crippen LogP contribution in [0.1, 0.15) is 18.2 Å². The van der Waals surface area contributed by atoms with Crippen molar-refractivity contribution in [3.63, 3.8) is 0 Å². The molecule has 0 aromatic carbocycles. The number of hydrogen-bond donors (Lipinski definition) is 4. The summed E-state index contributed by atoms with van der Waals surface area (Å²) in [5, 5.41) is 18.4. The zero-order valence-electron chi connectivity index (χ0n) is 15.1. The second-order valence-electron chi connectivity index (χ2n) is 6.52. The number of aromatic amines is 1. The van der Waals surface area contributed by atoms with Gasteiger partial charge >= 0.3 is 30.1 Å². The number of halogens is 9. The molecule has 1 aliphatic rings. The highest BCUT2D eigenvalue weighted by molar-refractivity contribution is 5.83. The molecule has 0 radical (unpaired) electrons. The summed E-state index contributed by atoms with van der Waals surface area (Å²) < 4.78 is 124. The fourth-order valence-electron chi connectivity index (χ4n) is 2.93. The van der Waals surface area contributed by atoms with Crippen LogP contribution in [0.2, 0.25) is 0 Å². The summed E-state index contributed by atoms with van der Waals surface area (Å²) in [4.78, 5) is 36.1. The molecule has 4 N–H and O–H groups in total. The molecule has 1 aromatic heterocycles. The zero-order valence-corrected chi connectivity index (χ0v) is 15.1. The number of nitrogens with zero attached hydrogens (tertiary/aromatic N) is 1. The molecule has 182 valence electrons. The van der Waals surface area contributed by atoms with Gasteiger partial charge in [0.05, 0.1) is 18.3 Å². The largest absolute Gasteiger partial charge is 0.471 e. The van der Waals surface area contributed by atoms with Crippen LogP contribution in [-0.4, -0.2) is 63.0 Å². The molecule has 18 heteroatoms. The summed E-state index contributed by atoms with van der Waals surface area (Å²) in [6.45, 7) is -0.876. The number of alkyl halides is 9. The fourth-order valence-corrected chi connectivity index (χ4v) is 2.93. The molecule has 0 unspecified atom stereocenters. The predicted molar refractivity (Wildman–Crippen MR) is 80.9 cm³/mol. The van der Waals surface area contributed by atoms with Crippen molar-refractivity contribution < 1.29 is 59.3 Å². The second-order valence-corrected chi connectivity index (χ2v) is 6.52. The Morgan fingerprint density at radius 1 is 1.12 bits per heavy atom. The molecular formula is C14H12F9N3O6. The molecule has 0 aliphatic carbocycles. The Kier molecular flexibility index (Phi) is 6.47. The number of amides is 1. The first kappa shape index (κ1) is 25.7. The van der Waals surface area contributed by atoms with Gasteiger partial charge in [-0.2, -0.15) is 39.5 Å². The van der Waals surface area contributed by atoms with Crippen molar-refractivity contribution in [1.29, 1.82) is 0 Å². The molecule has 1 amide bonds. The van der Waals surface area contributed by atoms with Crippen LogP contribution < -0.4 is 16.6 Å². The Bertz CT molecular complexity index is 966. The number of aromatic nitrogens is 2. The first-order valence-corrected chi connectivity index (χ1v) is 8.20. The average Bonchev–Trinajstić information content (AvgIpc) is 2.97. The van der Waals surface area contributed by atoms with E-state index in [-0.39, 0.29) is 16.1 Å². The highest BCUT2D eigenvalue weighted by Crippen LogP contribution is 2.49. The highest BCUT2D eigenvalue weighted by atomic mass is 19.4. The number of ether oxygens (including phenoxy) is 1. The maximum Gasteiger partial charge on any atom is 0.471 e. The van der Waals surface area contributed by atoms with E-state index in [0.717, 1.165) is 4.98 Å². The minimum atomic E-state index is -6.76. The molecule has 1 aliphatic heterocycles. The summed E-state index contributed by atoms with van der Waals surface area (Å²) in [7, 11) is 0. The SMILES string of the molecule is O=C(NC(c1cn([C@H]2C[C@H](O)[C@@H](CO)O2)c(=O)[nH]c1=O)(C(F)(F)F)C(F)(F)F)C(F)(F)F. The van der Waals surface area contributed by atoms with Gasteiger partial charge in [-0.25, -0.2) is 4.79 Å². The number of rotatable bonds is 4. The second kappa shape index (κ2) is 8.07. The van der Waals surface area contributed by atoms with Gasteiger partial charge in [-0.3, -0.25) is 19.1 Å². The van der Waals surface area contributed by atoms with Gasteiger partial charge in [-0.1, -0.05) is 0 Å². The Hall–Kier alpha value is -2.60. The lowest BCUT2D eigenvalue weighted by atomic mass is 9.89. The minimum absolute atomic E-state index is 0.0540. The molecular weight excluding hydrogens is 477 g/mol. The van der Waals surface area contributed by atoms with Crippen molar-refractivity contribution in [2.45, 2.75) is 48.9 Å². The number of H-pyrrole nitrogens is 1. The molecule has 3 atom stereocenters. The molecule has 1 aromatic rings. The van der Waals surface area contributed by atoms with Crippen molar-refractivity contribution in [3.8, 4) is 0 Å². The number of aliphatic hydroxyl groups excluding tert-OH is 2. The molecule has 0 saturated carbocycles.